The molecule has 0 aromatic carbocycles. The molecule has 0 radical (unpaired) electrons. The molecule has 0 bridgehead atoms. The van der Waals surface area contributed by atoms with Gasteiger partial charge in [-0.15, -0.1) is 0 Å². The summed E-state index contributed by atoms with van der Waals surface area (Å²) in [5.41, 5.74) is 5.82. The van der Waals surface area contributed by atoms with Gasteiger partial charge in [0.15, 0.2) is 0 Å². The van der Waals surface area contributed by atoms with Crippen LogP contribution in [0.3, 0.4) is 0 Å². The smallest absolute Gasteiger partial charge is 0.222 e. The Morgan fingerprint density at radius 1 is 1.30 bits per heavy atom. The van der Waals surface area contributed by atoms with Crippen molar-refractivity contribution in [3.05, 3.63) is 0 Å². The summed E-state index contributed by atoms with van der Waals surface area (Å²) >= 11 is 0. The van der Waals surface area contributed by atoms with E-state index in [-0.39, 0.29) is 5.41 Å². The first-order valence-corrected chi connectivity index (χ1v) is 8.09. The van der Waals surface area contributed by atoms with Crippen LogP contribution in [0.2, 0.25) is 0 Å². The minimum Gasteiger partial charge on any atom is -0.381 e. The molecule has 0 spiro atoms. The molecule has 1 amide bonds. The predicted octanol–water partition coefficient (Wildman–Crippen LogP) is 2.17. The molecule has 4 nitrogen and oxygen atoms in total. The molecule has 4 heteroatoms. The second-order valence-corrected chi connectivity index (χ2v) is 7.21. The first-order chi connectivity index (χ1) is 9.52. The van der Waals surface area contributed by atoms with Crippen LogP contribution in [-0.2, 0) is 9.53 Å². The van der Waals surface area contributed by atoms with E-state index in [0.717, 1.165) is 39.0 Å². The number of nitrogens with zero attached hydrogens (tertiary/aromatic N) is 1. The van der Waals surface area contributed by atoms with Gasteiger partial charge in [0.05, 0.1) is 6.61 Å². The minimum absolute atomic E-state index is 0.177. The maximum atomic E-state index is 12.5. The summed E-state index contributed by atoms with van der Waals surface area (Å²) in [6.07, 6.45) is 6.07. The van der Waals surface area contributed by atoms with Gasteiger partial charge < -0.3 is 15.4 Å². The van der Waals surface area contributed by atoms with Gasteiger partial charge in [-0.25, -0.2) is 0 Å². The van der Waals surface area contributed by atoms with E-state index in [1.165, 1.54) is 12.8 Å². The van der Waals surface area contributed by atoms with Crippen molar-refractivity contribution in [2.24, 2.45) is 17.1 Å². The lowest BCUT2D eigenvalue weighted by atomic mass is 9.84. The van der Waals surface area contributed by atoms with Gasteiger partial charge in [-0.1, -0.05) is 13.8 Å². The molecule has 0 aromatic heterocycles. The number of carbonyl (C=O) groups excluding carboxylic acids is 1. The van der Waals surface area contributed by atoms with Crippen molar-refractivity contribution in [3.8, 4) is 0 Å². The van der Waals surface area contributed by atoms with E-state index in [0.29, 0.717) is 30.8 Å². The Morgan fingerprint density at radius 3 is 2.60 bits per heavy atom. The topological polar surface area (TPSA) is 55.6 Å². The van der Waals surface area contributed by atoms with Crippen LogP contribution in [0, 0.1) is 11.3 Å². The fourth-order valence-electron chi connectivity index (χ4n) is 2.95. The van der Waals surface area contributed by atoms with E-state index >= 15 is 0 Å². The Labute approximate surface area is 123 Å². The molecule has 1 unspecified atom stereocenters. The zero-order chi connectivity index (χ0) is 14.6. The standard InChI is InChI=1S/C16H30N2O2/c1-16(2,8-9-17)7-5-15(19)18(14-3-4-14)11-13-6-10-20-12-13/h13-14H,3-12,17H2,1-2H3. The van der Waals surface area contributed by atoms with E-state index in [1.54, 1.807) is 0 Å². The van der Waals surface area contributed by atoms with Crippen molar-refractivity contribution in [1.82, 2.24) is 4.90 Å². The number of rotatable bonds is 8. The van der Waals surface area contributed by atoms with Gasteiger partial charge in [-0.05, 0) is 44.1 Å². The summed E-state index contributed by atoms with van der Waals surface area (Å²) in [6, 6.07) is 0.515. The van der Waals surface area contributed by atoms with Crippen LogP contribution >= 0.6 is 0 Å². The van der Waals surface area contributed by atoms with Crippen molar-refractivity contribution in [2.45, 2.75) is 58.4 Å². The number of ether oxygens (including phenoxy) is 1. The summed E-state index contributed by atoms with van der Waals surface area (Å²) in [5.74, 6) is 0.890. The van der Waals surface area contributed by atoms with Crippen LogP contribution in [0.4, 0.5) is 0 Å². The fraction of sp³-hybridized carbons (Fsp3) is 0.938. The minimum atomic E-state index is 0.177. The Bertz CT molecular complexity index is 320. The monoisotopic (exact) mass is 282 g/mol. The zero-order valence-electron chi connectivity index (χ0n) is 13.1. The van der Waals surface area contributed by atoms with Crippen LogP contribution in [0.5, 0.6) is 0 Å². The highest BCUT2D eigenvalue weighted by atomic mass is 16.5. The quantitative estimate of drug-likeness (QED) is 0.742. The molecule has 1 heterocycles. The molecular formula is C16H30N2O2. The third-order valence-electron chi connectivity index (χ3n) is 4.62. The highest BCUT2D eigenvalue weighted by Gasteiger charge is 2.35. The van der Waals surface area contributed by atoms with Gasteiger partial charge in [0, 0.05) is 31.5 Å². The summed E-state index contributed by atoms with van der Waals surface area (Å²) in [7, 11) is 0. The van der Waals surface area contributed by atoms with Crippen molar-refractivity contribution in [2.75, 3.05) is 26.3 Å². The number of amides is 1. The molecule has 1 saturated carbocycles. The van der Waals surface area contributed by atoms with Gasteiger partial charge in [0.1, 0.15) is 0 Å². The van der Waals surface area contributed by atoms with Crippen molar-refractivity contribution in [1.29, 1.82) is 0 Å². The Balaban J connectivity index is 1.80. The first kappa shape index (κ1) is 15.8. The lowest BCUT2D eigenvalue weighted by Crippen LogP contribution is -2.38. The molecule has 1 atom stereocenters. The highest BCUT2D eigenvalue weighted by Crippen LogP contribution is 2.31. The van der Waals surface area contributed by atoms with Gasteiger partial charge in [0.2, 0.25) is 5.91 Å². The van der Waals surface area contributed by atoms with Crippen molar-refractivity contribution < 1.29 is 9.53 Å². The van der Waals surface area contributed by atoms with Gasteiger partial charge in [-0.2, -0.15) is 0 Å². The maximum Gasteiger partial charge on any atom is 0.222 e. The van der Waals surface area contributed by atoms with E-state index in [1.807, 2.05) is 0 Å². The molecule has 2 rings (SSSR count). The van der Waals surface area contributed by atoms with Gasteiger partial charge >= 0.3 is 0 Å². The molecule has 20 heavy (non-hydrogen) atoms. The lowest BCUT2D eigenvalue weighted by Gasteiger charge is -2.28. The number of carbonyl (C=O) groups is 1. The van der Waals surface area contributed by atoms with Crippen molar-refractivity contribution >= 4 is 5.91 Å². The number of hydrogen-bond acceptors (Lipinski definition) is 3. The Kier molecular flexibility index (Phi) is 5.44. The van der Waals surface area contributed by atoms with E-state index in [4.69, 9.17) is 10.5 Å². The largest absolute Gasteiger partial charge is 0.381 e. The molecule has 0 aromatic rings. The molecular weight excluding hydrogens is 252 g/mol. The molecule has 1 saturated heterocycles. The molecule has 1 aliphatic heterocycles. The molecule has 116 valence electrons. The second kappa shape index (κ2) is 6.90. The van der Waals surface area contributed by atoms with E-state index in [2.05, 4.69) is 18.7 Å². The summed E-state index contributed by atoms with van der Waals surface area (Å²) in [5, 5.41) is 0. The van der Waals surface area contributed by atoms with Crippen LogP contribution in [-0.4, -0.2) is 43.2 Å². The summed E-state index contributed by atoms with van der Waals surface area (Å²) < 4.78 is 5.43. The predicted molar refractivity (Wildman–Crippen MR) is 80.3 cm³/mol. The van der Waals surface area contributed by atoms with Crippen LogP contribution in [0.1, 0.15) is 52.4 Å². The van der Waals surface area contributed by atoms with Crippen LogP contribution in [0.15, 0.2) is 0 Å². The third kappa shape index (κ3) is 4.74. The maximum absolute atomic E-state index is 12.5. The average molecular weight is 282 g/mol. The lowest BCUT2D eigenvalue weighted by molar-refractivity contribution is -0.133. The van der Waals surface area contributed by atoms with E-state index in [9.17, 15) is 4.79 Å². The highest BCUT2D eigenvalue weighted by molar-refractivity contribution is 5.77. The number of hydrogen-bond donors (Lipinski definition) is 1. The molecule has 2 N–H and O–H groups in total. The van der Waals surface area contributed by atoms with E-state index < -0.39 is 0 Å². The molecule has 2 aliphatic rings. The Hall–Kier alpha value is -0.610. The molecule has 2 fully saturated rings. The van der Waals surface area contributed by atoms with Crippen LogP contribution in [0.25, 0.3) is 0 Å². The van der Waals surface area contributed by atoms with Crippen molar-refractivity contribution in [3.63, 3.8) is 0 Å². The third-order valence-corrected chi connectivity index (χ3v) is 4.62. The Morgan fingerprint density at radius 2 is 2.05 bits per heavy atom. The normalized spacial score (nSPS) is 23.1. The summed E-state index contributed by atoms with van der Waals surface area (Å²) in [6.45, 7) is 7.71. The SMILES string of the molecule is CC(C)(CCN)CCC(=O)N(CC1CCOC1)C1CC1. The zero-order valence-corrected chi connectivity index (χ0v) is 13.1. The second-order valence-electron chi connectivity index (χ2n) is 7.21. The number of nitrogens with two attached hydrogens (primary N) is 1. The first-order valence-electron chi connectivity index (χ1n) is 8.09. The average Bonchev–Trinajstić information content (AvgIpc) is 3.10. The van der Waals surface area contributed by atoms with Gasteiger partial charge in [-0.3, -0.25) is 4.79 Å². The summed E-state index contributed by atoms with van der Waals surface area (Å²) in [4.78, 5) is 14.7. The molecule has 1 aliphatic carbocycles. The van der Waals surface area contributed by atoms with Crippen LogP contribution < -0.4 is 5.73 Å². The van der Waals surface area contributed by atoms with Gasteiger partial charge in [0.25, 0.3) is 0 Å². The fourth-order valence-corrected chi connectivity index (χ4v) is 2.95.